The van der Waals surface area contributed by atoms with Crippen LogP contribution >= 0.6 is 0 Å². The monoisotopic (exact) mass is 270 g/mol. The summed E-state index contributed by atoms with van der Waals surface area (Å²) < 4.78 is 44.3. The SMILES string of the molecule is COCc1nc(-c2cc(F)c(F)cc2F)cc(=O)[nH]1. The molecule has 0 fully saturated rings. The molecule has 2 rings (SSSR count). The van der Waals surface area contributed by atoms with Crippen molar-refractivity contribution in [3.8, 4) is 11.3 Å². The van der Waals surface area contributed by atoms with E-state index >= 15 is 0 Å². The fraction of sp³-hybridized carbons (Fsp3) is 0.167. The Labute approximate surface area is 105 Å². The highest BCUT2D eigenvalue weighted by Gasteiger charge is 2.13. The highest BCUT2D eigenvalue weighted by Crippen LogP contribution is 2.22. The van der Waals surface area contributed by atoms with E-state index in [1.807, 2.05) is 0 Å². The highest BCUT2D eigenvalue weighted by molar-refractivity contribution is 5.59. The van der Waals surface area contributed by atoms with Crippen LogP contribution in [0.1, 0.15) is 5.82 Å². The average Bonchev–Trinajstić information content (AvgIpc) is 2.33. The number of ether oxygens (including phenoxy) is 1. The second-order valence-corrected chi connectivity index (χ2v) is 3.76. The van der Waals surface area contributed by atoms with E-state index in [9.17, 15) is 18.0 Å². The summed E-state index contributed by atoms with van der Waals surface area (Å²) >= 11 is 0. The molecule has 0 saturated carbocycles. The molecule has 100 valence electrons. The van der Waals surface area contributed by atoms with Gasteiger partial charge in [0.05, 0.1) is 5.69 Å². The zero-order chi connectivity index (χ0) is 14.0. The van der Waals surface area contributed by atoms with Gasteiger partial charge in [0, 0.05) is 24.8 Å². The number of hydrogen-bond donors (Lipinski definition) is 1. The lowest BCUT2D eigenvalue weighted by atomic mass is 10.1. The van der Waals surface area contributed by atoms with Crippen LogP contribution in [0.2, 0.25) is 0 Å². The van der Waals surface area contributed by atoms with Gasteiger partial charge in [-0.2, -0.15) is 0 Å². The van der Waals surface area contributed by atoms with Crippen LogP contribution in [0.25, 0.3) is 11.3 Å². The molecular formula is C12H9F3N2O2. The van der Waals surface area contributed by atoms with E-state index in [0.717, 1.165) is 6.07 Å². The van der Waals surface area contributed by atoms with Gasteiger partial charge in [-0.25, -0.2) is 18.2 Å². The smallest absolute Gasteiger partial charge is 0.251 e. The topological polar surface area (TPSA) is 55.0 Å². The zero-order valence-corrected chi connectivity index (χ0v) is 9.84. The molecule has 0 saturated heterocycles. The van der Waals surface area contributed by atoms with Crippen molar-refractivity contribution in [3.63, 3.8) is 0 Å². The number of aromatic amines is 1. The van der Waals surface area contributed by atoms with Gasteiger partial charge in [0.15, 0.2) is 11.6 Å². The standard InChI is InChI=1S/C12H9F3N2O2/c1-19-5-11-16-10(4-12(18)17-11)6-2-8(14)9(15)3-7(6)13/h2-4H,5H2,1H3,(H,16,17,18). The maximum atomic E-state index is 13.6. The molecule has 1 aromatic heterocycles. The third-order valence-corrected chi connectivity index (χ3v) is 2.36. The fourth-order valence-electron chi connectivity index (χ4n) is 1.57. The van der Waals surface area contributed by atoms with Gasteiger partial charge in [0.1, 0.15) is 18.2 Å². The van der Waals surface area contributed by atoms with E-state index in [2.05, 4.69) is 9.97 Å². The van der Waals surface area contributed by atoms with Gasteiger partial charge in [0.2, 0.25) is 0 Å². The van der Waals surface area contributed by atoms with Gasteiger partial charge < -0.3 is 9.72 Å². The number of halogens is 3. The van der Waals surface area contributed by atoms with Gasteiger partial charge in [-0.05, 0) is 6.07 Å². The Morgan fingerprint density at radius 2 is 1.84 bits per heavy atom. The summed E-state index contributed by atoms with van der Waals surface area (Å²) in [6.45, 7) is 0.00831. The van der Waals surface area contributed by atoms with Gasteiger partial charge in [-0.1, -0.05) is 0 Å². The van der Waals surface area contributed by atoms with Crippen LogP contribution in [0.15, 0.2) is 23.0 Å². The van der Waals surface area contributed by atoms with E-state index < -0.39 is 23.0 Å². The molecule has 1 N–H and O–H groups in total. The molecule has 0 aliphatic carbocycles. The van der Waals surface area contributed by atoms with Crippen LogP contribution in [-0.4, -0.2) is 17.1 Å². The van der Waals surface area contributed by atoms with Gasteiger partial charge in [-0.3, -0.25) is 4.79 Å². The Balaban J connectivity index is 2.58. The van der Waals surface area contributed by atoms with Gasteiger partial charge in [-0.15, -0.1) is 0 Å². The van der Waals surface area contributed by atoms with Crippen molar-refractivity contribution in [2.24, 2.45) is 0 Å². The Hall–Kier alpha value is -2.15. The molecule has 1 heterocycles. The Morgan fingerprint density at radius 3 is 2.53 bits per heavy atom. The summed E-state index contributed by atoms with van der Waals surface area (Å²) in [5, 5.41) is 0. The molecule has 0 spiro atoms. The van der Waals surface area contributed by atoms with Crippen LogP contribution in [0, 0.1) is 17.5 Å². The molecule has 0 atom stereocenters. The number of nitrogens with zero attached hydrogens (tertiary/aromatic N) is 1. The summed E-state index contributed by atoms with van der Waals surface area (Å²) in [6, 6.07) is 2.06. The number of benzene rings is 1. The van der Waals surface area contributed by atoms with Gasteiger partial charge in [0.25, 0.3) is 5.56 Å². The number of hydrogen-bond acceptors (Lipinski definition) is 3. The third-order valence-electron chi connectivity index (χ3n) is 2.36. The van der Waals surface area contributed by atoms with Crippen molar-refractivity contribution >= 4 is 0 Å². The van der Waals surface area contributed by atoms with Crippen molar-refractivity contribution in [2.75, 3.05) is 7.11 Å². The summed E-state index contributed by atoms with van der Waals surface area (Å²) in [5.41, 5.74) is -0.921. The summed E-state index contributed by atoms with van der Waals surface area (Å²) in [4.78, 5) is 17.7. The van der Waals surface area contributed by atoms with Crippen LogP contribution in [0.3, 0.4) is 0 Å². The molecule has 1 aromatic carbocycles. The first-order valence-corrected chi connectivity index (χ1v) is 5.25. The largest absolute Gasteiger partial charge is 0.377 e. The molecular weight excluding hydrogens is 261 g/mol. The predicted molar refractivity (Wildman–Crippen MR) is 60.9 cm³/mol. The Bertz CT molecular complexity index is 671. The molecule has 4 nitrogen and oxygen atoms in total. The van der Waals surface area contributed by atoms with Crippen LogP contribution in [0.5, 0.6) is 0 Å². The average molecular weight is 270 g/mol. The minimum Gasteiger partial charge on any atom is -0.377 e. The first-order chi connectivity index (χ1) is 9.01. The maximum absolute atomic E-state index is 13.6. The molecule has 0 aliphatic heterocycles. The minimum absolute atomic E-state index is 0.00831. The zero-order valence-electron chi connectivity index (χ0n) is 9.84. The second-order valence-electron chi connectivity index (χ2n) is 3.76. The van der Waals surface area contributed by atoms with E-state index in [1.165, 1.54) is 7.11 Å². The summed E-state index contributed by atoms with van der Waals surface area (Å²) in [5.74, 6) is -3.36. The summed E-state index contributed by atoms with van der Waals surface area (Å²) in [6.07, 6.45) is 0. The van der Waals surface area contributed by atoms with E-state index in [4.69, 9.17) is 4.74 Å². The van der Waals surface area contributed by atoms with Crippen LogP contribution in [0.4, 0.5) is 13.2 Å². The Morgan fingerprint density at radius 1 is 1.16 bits per heavy atom. The molecule has 2 aromatic rings. The number of methoxy groups -OCH3 is 1. The highest BCUT2D eigenvalue weighted by atomic mass is 19.2. The lowest BCUT2D eigenvalue weighted by molar-refractivity contribution is 0.177. The molecule has 0 bridgehead atoms. The summed E-state index contributed by atoms with van der Waals surface area (Å²) in [7, 11) is 1.39. The number of aromatic nitrogens is 2. The van der Waals surface area contributed by atoms with E-state index in [0.29, 0.717) is 12.1 Å². The lowest BCUT2D eigenvalue weighted by Crippen LogP contribution is -2.12. The molecule has 7 heteroatoms. The molecule has 0 radical (unpaired) electrons. The molecule has 0 amide bonds. The molecule has 19 heavy (non-hydrogen) atoms. The van der Waals surface area contributed by atoms with Crippen molar-refractivity contribution in [2.45, 2.75) is 6.61 Å². The van der Waals surface area contributed by atoms with Crippen LogP contribution < -0.4 is 5.56 Å². The predicted octanol–water partition coefficient (Wildman–Crippen LogP) is 2.00. The minimum atomic E-state index is -1.30. The number of H-pyrrole nitrogens is 1. The number of rotatable bonds is 3. The maximum Gasteiger partial charge on any atom is 0.251 e. The first kappa shape index (κ1) is 13.3. The first-order valence-electron chi connectivity index (χ1n) is 5.25. The van der Waals surface area contributed by atoms with Crippen molar-refractivity contribution in [1.29, 1.82) is 0 Å². The lowest BCUT2D eigenvalue weighted by Gasteiger charge is -2.05. The molecule has 0 unspecified atom stereocenters. The normalized spacial score (nSPS) is 10.7. The van der Waals surface area contributed by atoms with E-state index in [1.54, 1.807) is 0 Å². The van der Waals surface area contributed by atoms with E-state index in [-0.39, 0.29) is 23.7 Å². The molecule has 0 aliphatic rings. The second kappa shape index (κ2) is 5.23. The fourth-order valence-corrected chi connectivity index (χ4v) is 1.57. The van der Waals surface area contributed by atoms with Gasteiger partial charge >= 0.3 is 0 Å². The van der Waals surface area contributed by atoms with Crippen molar-refractivity contribution in [1.82, 2.24) is 9.97 Å². The third kappa shape index (κ3) is 2.82. The number of nitrogens with one attached hydrogen (secondary N) is 1. The van der Waals surface area contributed by atoms with Crippen molar-refractivity contribution < 1.29 is 17.9 Å². The quantitative estimate of drug-likeness (QED) is 0.868. The van der Waals surface area contributed by atoms with Crippen LogP contribution in [-0.2, 0) is 11.3 Å². The Kier molecular flexibility index (Phi) is 3.66. The van der Waals surface area contributed by atoms with Crippen molar-refractivity contribution in [3.05, 3.63) is 51.8 Å².